The predicted octanol–water partition coefficient (Wildman–Crippen LogP) is 1.64. The van der Waals surface area contributed by atoms with Crippen LogP contribution in [0.5, 0.6) is 0 Å². The summed E-state index contributed by atoms with van der Waals surface area (Å²) in [6.45, 7) is 1.60. The lowest BCUT2D eigenvalue weighted by Gasteiger charge is -2.14. The van der Waals surface area contributed by atoms with Gasteiger partial charge < -0.3 is 9.64 Å². The Hall–Kier alpha value is -1.82. The number of aromatic nitrogens is 1. The molecule has 1 saturated heterocycles. The number of nitro groups is 1. The number of nitrogens with zero attached hydrogens (tertiary/aromatic N) is 3. The first-order valence-corrected chi connectivity index (χ1v) is 5.36. The van der Waals surface area contributed by atoms with Crippen molar-refractivity contribution >= 4 is 11.6 Å². The minimum atomic E-state index is -0.520. The highest BCUT2D eigenvalue weighted by Gasteiger charge is 2.21. The molecule has 0 N–H and O–H groups in total. The van der Waals surface area contributed by atoms with Gasteiger partial charge in [0, 0.05) is 12.7 Å². The molecule has 0 aliphatic carbocycles. The maximum atomic E-state index is 10.4. The Morgan fingerprint density at radius 2 is 2.47 bits per heavy atom. The lowest BCUT2D eigenvalue weighted by atomic mass is 10.3. The second-order valence-electron chi connectivity index (χ2n) is 3.51. The van der Waals surface area contributed by atoms with E-state index in [-0.39, 0.29) is 5.88 Å². The van der Waals surface area contributed by atoms with E-state index in [0.29, 0.717) is 24.8 Å². The molecule has 17 heavy (non-hydrogen) atoms. The van der Waals surface area contributed by atoms with Gasteiger partial charge in [0.25, 0.3) is 12.1 Å². The van der Waals surface area contributed by atoms with Gasteiger partial charge in [0.1, 0.15) is 11.8 Å². The number of rotatable bonds is 3. The summed E-state index contributed by atoms with van der Waals surface area (Å²) in [5.41, 5.74) is 0.925. The first-order valence-electron chi connectivity index (χ1n) is 4.98. The molecule has 2 rings (SSSR count). The van der Waals surface area contributed by atoms with Gasteiger partial charge in [-0.3, -0.25) is 10.1 Å². The van der Waals surface area contributed by atoms with Crippen molar-refractivity contribution in [2.24, 2.45) is 0 Å². The van der Waals surface area contributed by atoms with E-state index in [0.717, 1.165) is 11.8 Å². The summed E-state index contributed by atoms with van der Waals surface area (Å²) in [4.78, 5) is 15.6. The fourth-order valence-corrected chi connectivity index (χ4v) is 1.66. The average Bonchev–Trinajstić information content (AvgIpc) is 2.68. The molecule has 1 aromatic heterocycles. The Kier molecular flexibility index (Phi) is 3.43. The molecule has 0 bridgehead atoms. The third kappa shape index (κ3) is 3.07. The maximum Gasteiger partial charge on any atom is 0.293 e. The van der Waals surface area contributed by atoms with Crippen molar-refractivity contribution < 1.29 is 9.66 Å². The van der Waals surface area contributed by atoms with Gasteiger partial charge in [-0.2, -0.15) is 0 Å². The smallest absolute Gasteiger partial charge is 0.293 e. The first-order chi connectivity index (χ1) is 8.15. The lowest BCUT2D eigenvalue weighted by Crippen LogP contribution is -2.18. The molecule has 7 heteroatoms. The van der Waals surface area contributed by atoms with Crippen LogP contribution in [0.25, 0.3) is 0 Å². The molecule has 0 radical (unpaired) electrons. The molecule has 0 amide bonds. The number of halogens is 1. The van der Waals surface area contributed by atoms with E-state index in [2.05, 4.69) is 4.98 Å². The molecule has 0 spiro atoms. The van der Waals surface area contributed by atoms with E-state index in [4.69, 9.17) is 16.3 Å². The van der Waals surface area contributed by atoms with Gasteiger partial charge in [0.2, 0.25) is 0 Å². The van der Waals surface area contributed by atoms with Gasteiger partial charge in [-0.05, 0) is 11.6 Å². The molecule has 0 atom stereocenters. The number of hydrogen-bond acceptors (Lipinski definition) is 5. The SMILES string of the molecule is O=[N+]([O-])/C=C1\OCCN1Cc1ccc(Cl)nc1. The van der Waals surface area contributed by atoms with Gasteiger partial charge in [-0.25, -0.2) is 4.98 Å². The predicted molar refractivity (Wildman–Crippen MR) is 60.7 cm³/mol. The minimum absolute atomic E-state index is 0.282. The largest absolute Gasteiger partial charge is 0.473 e. The van der Waals surface area contributed by atoms with Crippen LogP contribution >= 0.6 is 11.6 Å². The number of ether oxygens (including phenoxy) is 1. The second-order valence-corrected chi connectivity index (χ2v) is 3.90. The molecule has 1 fully saturated rings. The fraction of sp³-hybridized carbons (Fsp3) is 0.300. The Balaban J connectivity index is 2.07. The number of pyridine rings is 1. The quantitative estimate of drug-likeness (QED) is 0.467. The van der Waals surface area contributed by atoms with Crippen LogP contribution in [-0.4, -0.2) is 28.0 Å². The zero-order valence-corrected chi connectivity index (χ0v) is 9.63. The van der Waals surface area contributed by atoms with Crippen molar-refractivity contribution in [3.63, 3.8) is 0 Å². The van der Waals surface area contributed by atoms with Crippen LogP contribution in [-0.2, 0) is 11.3 Å². The van der Waals surface area contributed by atoms with E-state index < -0.39 is 4.92 Å². The molecular formula is C10H10ClN3O3. The Labute approximate surface area is 103 Å². The molecule has 1 aliphatic heterocycles. The Bertz CT molecular complexity index is 447. The summed E-state index contributed by atoms with van der Waals surface area (Å²) in [6.07, 6.45) is 2.51. The third-order valence-corrected chi connectivity index (χ3v) is 2.52. The van der Waals surface area contributed by atoms with Crippen molar-refractivity contribution in [3.05, 3.63) is 51.2 Å². The average molecular weight is 256 g/mol. The molecule has 0 aromatic carbocycles. The summed E-state index contributed by atoms with van der Waals surface area (Å²) < 4.78 is 5.17. The Morgan fingerprint density at radius 3 is 3.12 bits per heavy atom. The van der Waals surface area contributed by atoms with Crippen LogP contribution in [0.3, 0.4) is 0 Å². The van der Waals surface area contributed by atoms with Gasteiger partial charge in [-0.15, -0.1) is 0 Å². The normalized spacial score (nSPS) is 17.2. The van der Waals surface area contributed by atoms with E-state index in [1.165, 1.54) is 0 Å². The summed E-state index contributed by atoms with van der Waals surface area (Å²) in [5, 5.41) is 10.8. The molecule has 6 nitrogen and oxygen atoms in total. The zero-order valence-electron chi connectivity index (χ0n) is 8.88. The lowest BCUT2D eigenvalue weighted by molar-refractivity contribution is -0.406. The van der Waals surface area contributed by atoms with E-state index in [1.807, 2.05) is 6.07 Å². The molecule has 2 heterocycles. The molecular weight excluding hydrogens is 246 g/mol. The standard InChI is InChI=1S/C10H10ClN3O3/c11-9-2-1-8(5-12-9)6-13-3-4-17-10(13)7-14(15)16/h1-2,5,7H,3-4,6H2/b10-7-. The highest BCUT2D eigenvalue weighted by atomic mass is 35.5. The summed E-state index contributed by atoms with van der Waals surface area (Å²) in [7, 11) is 0. The minimum Gasteiger partial charge on any atom is -0.473 e. The van der Waals surface area contributed by atoms with Gasteiger partial charge in [-0.1, -0.05) is 17.7 Å². The van der Waals surface area contributed by atoms with Crippen molar-refractivity contribution in [1.29, 1.82) is 0 Å². The van der Waals surface area contributed by atoms with Crippen LogP contribution in [0.1, 0.15) is 5.56 Å². The molecule has 1 aromatic rings. The van der Waals surface area contributed by atoms with Crippen molar-refractivity contribution in [2.45, 2.75) is 6.54 Å². The van der Waals surface area contributed by atoms with Gasteiger partial charge in [0.05, 0.1) is 11.5 Å². The van der Waals surface area contributed by atoms with E-state index in [9.17, 15) is 10.1 Å². The van der Waals surface area contributed by atoms with Gasteiger partial charge >= 0.3 is 0 Å². The monoisotopic (exact) mass is 255 g/mol. The van der Waals surface area contributed by atoms with E-state index in [1.54, 1.807) is 17.2 Å². The van der Waals surface area contributed by atoms with Crippen molar-refractivity contribution in [3.8, 4) is 0 Å². The summed E-state index contributed by atoms with van der Waals surface area (Å²) in [5.74, 6) is 0.282. The summed E-state index contributed by atoms with van der Waals surface area (Å²) >= 11 is 5.68. The third-order valence-electron chi connectivity index (χ3n) is 2.30. The van der Waals surface area contributed by atoms with Crippen molar-refractivity contribution in [1.82, 2.24) is 9.88 Å². The van der Waals surface area contributed by atoms with Crippen LogP contribution in [0.4, 0.5) is 0 Å². The molecule has 0 unspecified atom stereocenters. The molecule has 1 aliphatic rings. The first kappa shape index (κ1) is 11.7. The Morgan fingerprint density at radius 1 is 1.65 bits per heavy atom. The molecule has 90 valence electrons. The maximum absolute atomic E-state index is 10.4. The van der Waals surface area contributed by atoms with Crippen molar-refractivity contribution in [2.75, 3.05) is 13.2 Å². The second kappa shape index (κ2) is 5.01. The van der Waals surface area contributed by atoms with E-state index >= 15 is 0 Å². The highest BCUT2D eigenvalue weighted by Crippen LogP contribution is 2.17. The highest BCUT2D eigenvalue weighted by molar-refractivity contribution is 6.29. The van der Waals surface area contributed by atoms with Crippen LogP contribution in [0.2, 0.25) is 5.15 Å². The van der Waals surface area contributed by atoms with Crippen LogP contribution in [0, 0.1) is 10.1 Å². The molecule has 0 saturated carbocycles. The fourth-order valence-electron chi connectivity index (χ4n) is 1.55. The topological polar surface area (TPSA) is 68.5 Å². The summed E-state index contributed by atoms with van der Waals surface area (Å²) in [6, 6.07) is 3.52. The number of hydrogen-bond donors (Lipinski definition) is 0. The van der Waals surface area contributed by atoms with Crippen LogP contribution < -0.4 is 0 Å². The zero-order chi connectivity index (χ0) is 12.3. The van der Waals surface area contributed by atoms with Crippen LogP contribution in [0.15, 0.2) is 30.4 Å². The van der Waals surface area contributed by atoms with Gasteiger partial charge in [0.15, 0.2) is 0 Å².